The van der Waals surface area contributed by atoms with Crippen LogP contribution in [0.15, 0.2) is 4.47 Å². The second-order valence-electron chi connectivity index (χ2n) is 4.32. The van der Waals surface area contributed by atoms with Gasteiger partial charge in [0.1, 0.15) is 16.2 Å². The average Bonchev–Trinajstić information content (AvgIpc) is 3.03. The molecule has 1 heterocycles. The Morgan fingerprint density at radius 1 is 1.41 bits per heavy atom. The van der Waals surface area contributed by atoms with Crippen molar-refractivity contribution in [3.8, 4) is 0 Å². The van der Waals surface area contributed by atoms with Gasteiger partial charge >= 0.3 is 0 Å². The Kier molecular flexibility index (Phi) is 3.49. The summed E-state index contributed by atoms with van der Waals surface area (Å²) in [5, 5.41) is -0.446. The van der Waals surface area contributed by atoms with Gasteiger partial charge in [-0.25, -0.2) is 18.4 Å². The molecule has 1 aromatic rings. The highest BCUT2D eigenvalue weighted by molar-refractivity contribution is 9.10. The topological polar surface area (TPSA) is 59.9 Å². The number of hydrogen-bond acceptors (Lipinski definition) is 4. The summed E-state index contributed by atoms with van der Waals surface area (Å²) in [7, 11) is -3.21. The van der Waals surface area contributed by atoms with Gasteiger partial charge in [0.05, 0.1) is 10.2 Å². The maximum absolute atomic E-state index is 11.5. The lowest BCUT2D eigenvalue weighted by atomic mass is 10.3. The van der Waals surface area contributed by atoms with E-state index in [4.69, 9.17) is 11.6 Å². The summed E-state index contributed by atoms with van der Waals surface area (Å²) in [6.07, 6.45) is 3.31. The number of nitrogens with zero attached hydrogens (tertiary/aromatic N) is 2. The molecule has 0 spiro atoms. The summed E-state index contributed by atoms with van der Waals surface area (Å²) >= 11 is 9.34. The van der Waals surface area contributed by atoms with Gasteiger partial charge in [-0.05, 0) is 35.7 Å². The molecule has 0 radical (unpaired) electrons. The highest BCUT2D eigenvalue weighted by Gasteiger charge is 2.31. The van der Waals surface area contributed by atoms with Crippen molar-refractivity contribution in [3.05, 3.63) is 21.1 Å². The molecule has 0 aromatic carbocycles. The summed E-state index contributed by atoms with van der Waals surface area (Å²) in [6.45, 7) is 1.57. The van der Waals surface area contributed by atoms with Crippen LogP contribution in [-0.4, -0.2) is 24.6 Å². The zero-order valence-corrected chi connectivity index (χ0v) is 12.6. The first-order valence-corrected chi connectivity index (χ1v) is 8.35. The number of hydrogen-bond donors (Lipinski definition) is 0. The van der Waals surface area contributed by atoms with E-state index in [2.05, 4.69) is 25.9 Å². The minimum Gasteiger partial charge on any atom is -0.235 e. The van der Waals surface area contributed by atoms with E-state index in [-0.39, 0.29) is 11.0 Å². The largest absolute Gasteiger partial charge is 0.235 e. The van der Waals surface area contributed by atoms with Gasteiger partial charge in [0.2, 0.25) is 0 Å². The first kappa shape index (κ1) is 13.2. The third kappa shape index (κ3) is 2.80. The predicted molar refractivity (Wildman–Crippen MR) is 70.0 cm³/mol. The molecule has 0 amide bonds. The molecule has 0 aliphatic heterocycles. The standard InChI is InChI=1S/C10H12BrClN2O2S/c1-5(17(2,15)16)10-13-8(6-3-4-6)7(11)9(12)14-10/h5-6H,3-4H2,1-2H3. The molecule has 7 heteroatoms. The quantitative estimate of drug-likeness (QED) is 0.795. The predicted octanol–water partition coefficient (Wildman–Crippen LogP) is 2.88. The van der Waals surface area contributed by atoms with Gasteiger partial charge in [-0.1, -0.05) is 11.6 Å². The molecule has 1 aliphatic rings. The summed E-state index contributed by atoms with van der Waals surface area (Å²) in [5.74, 6) is 0.665. The summed E-state index contributed by atoms with van der Waals surface area (Å²) in [5.41, 5.74) is 0.829. The smallest absolute Gasteiger partial charge is 0.157 e. The van der Waals surface area contributed by atoms with Crippen molar-refractivity contribution >= 4 is 37.4 Å². The first-order valence-electron chi connectivity index (χ1n) is 5.22. The number of aromatic nitrogens is 2. The fourth-order valence-corrected chi connectivity index (χ4v) is 2.63. The third-order valence-electron chi connectivity index (χ3n) is 2.82. The van der Waals surface area contributed by atoms with Crippen LogP contribution in [0.2, 0.25) is 5.15 Å². The third-order valence-corrected chi connectivity index (χ3v) is 5.60. The molecule has 1 saturated carbocycles. The van der Waals surface area contributed by atoms with Gasteiger partial charge in [0, 0.05) is 12.2 Å². The van der Waals surface area contributed by atoms with E-state index in [0.717, 1.165) is 18.5 Å². The van der Waals surface area contributed by atoms with Crippen molar-refractivity contribution in [2.45, 2.75) is 30.9 Å². The molecule has 1 atom stereocenters. The van der Waals surface area contributed by atoms with Crippen molar-refractivity contribution in [1.82, 2.24) is 9.97 Å². The van der Waals surface area contributed by atoms with Crippen molar-refractivity contribution in [2.75, 3.05) is 6.26 Å². The Morgan fingerprint density at radius 2 is 2.00 bits per heavy atom. The van der Waals surface area contributed by atoms with E-state index >= 15 is 0 Å². The lowest BCUT2D eigenvalue weighted by Gasteiger charge is -2.11. The molecule has 1 aromatic heterocycles. The van der Waals surface area contributed by atoms with Crippen LogP contribution < -0.4 is 0 Å². The Hall–Kier alpha value is -0.200. The lowest BCUT2D eigenvalue weighted by Crippen LogP contribution is -2.13. The first-order chi connectivity index (χ1) is 7.80. The van der Waals surface area contributed by atoms with Crippen molar-refractivity contribution in [2.24, 2.45) is 0 Å². The Bertz CT molecular complexity index is 558. The fraction of sp³-hybridized carbons (Fsp3) is 0.600. The van der Waals surface area contributed by atoms with Crippen LogP contribution in [0.4, 0.5) is 0 Å². The summed E-state index contributed by atoms with van der Waals surface area (Å²) in [4.78, 5) is 8.38. The van der Waals surface area contributed by atoms with Crippen LogP contribution in [0.5, 0.6) is 0 Å². The molecule has 0 N–H and O–H groups in total. The molecule has 2 rings (SSSR count). The van der Waals surface area contributed by atoms with Gasteiger partial charge in [-0.3, -0.25) is 0 Å². The van der Waals surface area contributed by atoms with Crippen molar-refractivity contribution in [1.29, 1.82) is 0 Å². The van der Waals surface area contributed by atoms with Gasteiger partial charge < -0.3 is 0 Å². The lowest BCUT2D eigenvalue weighted by molar-refractivity contribution is 0.588. The van der Waals surface area contributed by atoms with E-state index < -0.39 is 15.1 Å². The van der Waals surface area contributed by atoms with Crippen LogP contribution in [0, 0.1) is 0 Å². The van der Waals surface area contributed by atoms with Gasteiger partial charge in [-0.15, -0.1) is 0 Å². The Balaban J connectivity index is 2.49. The molecule has 17 heavy (non-hydrogen) atoms. The monoisotopic (exact) mass is 338 g/mol. The Morgan fingerprint density at radius 3 is 2.47 bits per heavy atom. The number of halogens is 2. The highest BCUT2D eigenvalue weighted by Crippen LogP contribution is 2.44. The molecule has 94 valence electrons. The normalized spacial score (nSPS) is 18.1. The van der Waals surface area contributed by atoms with E-state index in [1.807, 2.05) is 0 Å². The van der Waals surface area contributed by atoms with E-state index in [0.29, 0.717) is 10.4 Å². The molecule has 0 bridgehead atoms. The Labute approximate surface area is 114 Å². The molecule has 1 unspecified atom stereocenters. The summed E-state index contributed by atoms with van der Waals surface area (Å²) in [6, 6.07) is 0. The zero-order valence-electron chi connectivity index (χ0n) is 9.44. The van der Waals surface area contributed by atoms with Crippen LogP contribution in [0.3, 0.4) is 0 Å². The zero-order chi connectivity index (χ0) is 12.8. The molecular weight excluding hydrogens is 328 g/mol. The molecule has 1 fully saturated rings. The average molecular weight is 340 g/mol. The molecular formula is C10H12BrClN2O2S. The van der Waals surface area contributed by atoms with Crippen molar-refractivity contribution < 1.29 is 8.42 Å². The van der Waals surface area contributed by atoms with Crippen LogP contribution in [0.1, 0.15) is 42.5 Å². The minimum atomic E-state index is -3.21. The van der Waals surface area contributed by atoms with Crippen LogP contribution >= 0.6 is 27.5 Å². The van der Waals surface area contributed by atoms with Gasteiger partial charge in [0.15, 0.2) is 9.84 Å². The fourth-order valence-electron chi connectivity index (χ4n) is 1.45. The molecule has 1 aliphatic carbocycles. The van der Waals surface area contributed by atoms with E-state index in [1.165, 1.54) is 6.26 Å². The maximum atomic E-state index is 11.5. The number of rotatable bonds is 3. The molecule has 0 saturated heterocycles. The second kappa shape index (κ2) is 4.48. The van der Waals surface area contributed by atoms with Gasteiger partial charge in [-0.2, -0.15) is 0 Å². The van der Waals surface area contributed by atoms with Gasteiger partial charge in [0.25, 0.3) is 0 Å². The highest BCUT2D eigenvalue weighted by atomic mass is 79.9. The van der Waals surface area contributed by atoms with E-state index in [1.54, 1.807) is 6.92 Å². The number of sulfone groups is 1. The second-order valence-corrected chi connectivity index (χ2v) is 7.84. The van der Waals surface area contributed by atoms with Crippen molar-refractivity contribution in [3.63, 3.8) is 0 Å². The minimum absolute atomic E-state index is 0.280. The maximum Gasteiger partial charge on any atom is 0.157 e. The van der Waals surface area contributed by atoms with Crippen LogP contribution in [0.25, 0.3) is 0 Å². The van der Waals surface area contributed by atoms with E-state index in [9.17, 15) is 8.42 Å². The van der Waals surface area contributed by atoms with Crippen LogP contribution in [-0.2, 0) is 9.84 Å². The molecule has 4 nitrogen and oxygen atoms in total. The summed E-state index contributed by atoms with van der Waals surface area (Å²) < 4.78 is 23.7. The SMILES string of the molecule is CC(c1nc(Cl)c(Br)c(C2CC2)n1)S(C)(=O)=O.